The summed E-state index contributed by atoms with van der Waals surface area (Å²) >= 11 is 5.68. The molecule has 0 unspecified atom stereocenters. The van der Waals surface area contributed by atoms with Crippen LogP contribution in [0.3, 0.4) is 0 Å². The molecular formula is C18H16ClF4N5O. The van der Waals surface area contributed by atoms with E-state index in [0.717, 1.165) is 4.68 Å². The van der Waals surface area contributed by atoms with Crippen molar-refractivity contribution in [3.8, 4) is 0 Å². The molecule has 3 rings (SSSR count). The fourth-order valence-corrected chi connectivity index (χ4v) is 2.90. The van der Waals surface area contributed by atoms with Gasteiger partial charge in [-0.1, -0.05) is 29.8 Å². The first-order chi connectivity index (χ1) is 13.6. The van der Waals surface area contributed by atoms with Gasteiger partial charge in [-0.15, -0.1) is 0 Å². The summed E-state index contributed by atoms with van der Waals surface area (Å²) in [6.45, 7) is 1.50. The first kappa shape index (κ1) is 20.8. The zero-order valence-corrected chi connectivity index (χ0v) is 15.9. The largest absolute Gasteiger partial charge is 0.436 e. The van der Waals surface area contributed by atoms with Gasteiger partial charge in [0.25, 0.3) is 0 Å². The van der Waals surface area contributed by atoms with Crippen LogP contribution in [-0.2, 0) is 24.1 Å². The predicted molar refractivity (Wildman–Crippen MR) is 98.0 cm³/mol. The molecule has 0 radical (unpaired) electrons. The van der Waals surface area contributed by atoms with Crippen molar-refractivity contribution >= 4 is 23.3 Å². The quantitative estimate of drug-likeness (QED) is 0.595. The van der Waals surface area contributed by atoms with Gasteiger partial charge in [-0.3, -0.25) is 14.2 Å². The summed E-state index contributed by atoms with van der Waals surface area (Å²) in [6, 6.07) is 7.80. The topological polar surface area (TPSA) is 64.7 Å². The number of aryl methyl sites for hydroxylation is 1. The monoisotopic (exact) mass is 429 g/mol. The molecule has 0 atom stereocenters. The lowest BCUT2D eigenvalue weighted by Gasteiger charge is -2.05. The van der Waals surface area contributed by atoms with Crippen LogP contribution in [0.2, 0.25) is 5.02 Å². The van der Waals surface area contributed by atoms with E-state index in [2.05, 4.69) is 15.5 Å². The Balaban J connectivity index is 1.58. The lowest BCUT2D eigenvalue weighted by Crippen LogP contribution is -2.16. The molecule has 0 aliphatic rings. The third-order valence-corrected chi connectivity index (χ3v) is 4.60. The lowest BCUT2D eigenvalue weighted by molar-refractivity contribution is -0.141. The van der Waals surface area contributed by atoms with E-state index in [-0.39, 0.29) is 36.8 Å². The number of nitrogens with one attached hydrogen (secondary N) is 1. The first-order valence-electron chi connectivity index (χ1n) is 8.52. The van der Waals surface area contributed by atoms with Crippen molar-refractivity contribution in [2.75, 3.05) is 5.32 Å². The summed E-state index contributed by atoms with van der Waals surface area (Å²) in [5, 5.41) is 9.64. The van der Waals surface area contributed by atoms with E-state index in [1.807, 2.05) is 0 Å². The number of benzene rings is 1. The molecule has 1 amide bonds. The maximum atomic E-state index is 13.7. The molecule has 0 spiro atoms. The summed E-state index contributed by atoms with van der Waals surface area (Å²) in [5.74, 6) is -0.571. The van der Waals surface area contributed by atoms with Crippen molar-refractivity contribution < 1.29 is 22.4 Å². The van der Waals surface area contributed by atoms with Crippen LogP contribution in [0.5, 0.6) is 0 Å². The third kappa shape index (κ3) is 4.94. The number of halogens is 5. The summed E-state index contributed by atoms with van der Waals surface area (Å²) in [6.07, 6.45) is -3.22. The number of amides is 1. The van der Waals surface area contributed by atoms with Crippen LogP contribution in [0, 0.1) is 12.7 Å². The molecule has 3 aromatic rings. The van der Waals surface area contributed by atoms with Crippen LogP contribution in [-0.4, -0.2) is 25.5 Å². The first-order valence-corrected chi connectivity index (χ1v) is 8.89. The van der Waals surface area contributed by atoms with Crippen LogP contribution >= 0.6 is 11.6 Å². The van der Waals surface area contributed by atoms with Gasteiger partial charge in [-0.05, 0) is 13.0 Å². The van der Waals surface area contributed by atoms with Crippen LogP contribution in [0.15, 0.2) is 36.5 Å². The molecule has 11 heteroatoms. The van der Waals surface area contributed by atoms with Crippen molar-refractivity contribution in [2.45, 2.75) is 32.6 Å². The van der Waals surface area contributed by atoms with E-state index in [9.17, 15) is 22.4 Å². The number of hydrogen-bond donors (Lipinski definition) is 1. The highest BCUT2D eigenvalue weighted by atomic mass is 35.5. The van der Waals surface area contributed by atoms with E-state index in [1.54, 1.807) is 24.4 Å². The van der Waals surface area contributed by atoms with Gasteiger partial charge in [0.05, 0.1) is 23.8 Å². The normalized spacial score (nSPS) is 11.7. The van der Waals surface area contributed by atoms with Crippen molar-refractivity contribution in [3.05, 3.63) is 64.3 Å². The fraction of sp³-hybridized carbons (Fsp3) is 0.278. The molecule has 2 heterocycles. The molecule has 0 saturated carbocycles. The van der Waals surface area contributed by atoms with Crippen LogP contribution in [0.1, 0.15) is 23.4 Å². The fourth-order valence-electron chi connectivity index (χ4n) is 2.65. The van der Waals surface area contributed by atoms with Gasteiger partial charge < -0.3 is 5.32 Å². The Kier molecular flexibility index (Phi) is 5.92. The van der Waals surface area contributed by atoms with E-state index >= 15 is 0 Å². The molecule has 154 valence electrons. The Morgan fingerprint density at radius 2 is 1.93 bits per heavy atom. The smallest absolute Gasteiger partial charge is 0.309 e. The average molecular weight is 430 g/mol. The molecule has 0 aliphatic heterocycles. The zero-order chi connectivity index (χ0) is 21.2. The number of aromatic nitrogens is 4. The lowest BCUT2D eigenvalue weighted by atomic mass is 10.2. The number of carbonyl (C=O) groups is 1. The Bertz CT molecular complexity index is 1030. The number of hydrogen-bond acceptors (Lipinski definition) is 3. The Labute approximate surface area is 168 Å². The molecule has 29 heavy (non-hydrogen) atoms. The van der Waals surface area contributed by atoms with E-state index in [0.29, 0.717) is 5.56 Å². The molecule has 1 N–H and O–H groups in total. The van der Waals surface area contributed by atoms with Crippen LogP contribution in [0.4, 0.5) is 23.4 Å². The number of nitrogens with zero attached hydrogens (tertiary/aromatic N) is 4. The van der Waals surface area contributed by atoms with Gasteiger partial charge >= 0.3 is 6.18 Å². The summed E-state index contributed by atoms with van der Waals surface area (Å²) in [5.41, 5.74) is -0.607. The molecule has 0 bridgehead atoms. The van der Waals surface area contributed by atoms with Gasteiger partial charge in [0.1, 0.15) is 5.82 Å². The van der Waals surface area contributed by atoms with Crippen molar-refractivity contribution in [1.82, 2.24) is 19.6 Å². The highest BCUT2D eigenvalue weighted by Crippen LogP contribution is 2.35. The van der Waals surface area contributed by atoms with Crippen molar-refractivity contribution in [1.29, 1.82) is 0 Å². The SMILES string of the molecule is Cc1c(Cl)c(C(F)(F)F)nn1CCC(=O)Nc1ccn(Cc2ccccc2F)n1. The number of anilines is 1. The second kappa shape index (κ2) is 8.24. The Morgan fingerprint density at radius 1 is 1.21 bits per heavy atom. The number of alkyl halides is 3. The van der Waals surface area contributed by atoms with Gasteiger partial charge in [0.2, 0.25) is 5.91 Å². The molecule has 1 aromatic carbocycles. The van der Waals surface area contributed by atoms with Gasteiger partial charge in [0.15, 0.2) is 11.5 Å². The highest BCUT2D eigenvalue weighted by molar-refractivity contribution is 6.31. The van der Waals surface area contributed by atoms with Crippen LogP contribution < -0.4 is 5.32 Å². The molecule has 0 aliphatic carbocycles. The summed E-state index contributed by atoms with van der Waals surface area (Å²) in [4.78, 5) is 12.1. The average Bonchev–Trinajstić information content (AvgIpc) is 3.20. The Hall–Kier alpha value is -2.88. The van der Waals surface area contributed by atoms with Gasteiger partial charge in [0, 0.05) is 24.2 Å². The standard InChI is InChI=1S/C18H16ClF4N5O/c1-11-16(19)17(18(21,22)23)26-28(11)9-7-15(29)24-14-6-8-27(25-14)10-12-4-2-3-5-13(12)20/h2-6,8H,7,9-10H2,1H3,(H,24,25,29). The van der Waals surface area contributed by atoms with E-state index < -0.39 is 22.8 Å². The van der Waals surface area contributed by atoms with Gasteiger partial charge in [-0.25, -0.2) is 4.39 Å². The zero-order valence-electron chi connectivity index (χ0n) is 15.2. The second-order valence-electron chi connectivity index (χ2n) is 6.26. The minimum Gasteiger partial charge on any atom is -0.309 e. The highest BCUT2D eigenvalue weighted by Gasteiger charge is 2.38. The molecule has 0 fully saturated rings. The minimum atomic E-state index is -4.67. The third-order valence-electron chi connectivity index (χ3n) is 4.15. The van der Waals surface area contributed by atoms with Crippen LogP contribution in [0.25, 0.3) is 0 Å². The molecule has 6 nitrogen and oxygen atoms in total. The predicted octanol–water partition coefficient (Wildman–Crippen LogP) is 4.28. The van der Waals surface area contributed by atoms with E-state index in [1.165, 1.54) is 23.7 Å². The van der Waals surface area contributed by atoms with Crippen molar-refractivity contribution in [2.24, 2.45) is 0 Å². The maximum absolute atomic E-state index is 13.7. The summed E-state index contributed by atoms with van der Waals surface area (Å²) in [7, 11) is 0. The summed E-state index contributed by atoms with van der Waals surface area (Å²) < 4.78 is 54.7. The molecule has 0 saturated heterocycles. The maximum Gasteiger partial charge on any atom is 0.436 e. The Morgan fingerprint density at radius 3 is 2.59 bits per heavy atom. The molecule has 2 aromatic heterocycles. The number of carbonyl (C=O) groups excluding carboxylic acids is 1. The number of rotatable bonds is 6. The second-order valence-corrected chi connectivity index (χ2v) is 6.64. The van der Waals surface area contributed by atoms with E-state index in [4.69, 9.17) is 11.6 Å². The van der Waals surface area contributed by atoms with Crippen molar-refractivity contribution in [3.63, 3.8) is 0 Å². The minimum absolute atomic E-state index is 0.0800. The van der Waals surface area contributed by atoms with Gasteiger partial charge in [-0.2, -0.15) is 23.4 Å². The molecular weight excluding hydrogens is 414 g/mol.